The number of hydrogen-bond donors (Lipinski definition) is 1. The van der Waals surface area contributed by atoms with Crippen LogP contribution in [0.25, 0.3) is 0 Å². The minimum atomic E-state index is -1.16. The van der Waals surface area contributed by atoms with Crippen LogP contribution in [0.2, 0.25) is 0 Å². The van der Waals surface area contributed by atoms with Crippen LogP contribution in [0.3, 0.4) is 0 Å². The first-order valence-corrected chi connectivity index (χ1v) is 6.03. The summed E-state index contributed by atoms with van der Waals surface area (Å²) in [5.74, 6) is -5.05. The Morgan fingerprint density at radius 3 is 2.14 bits per heavy atom. The third kappa shape index (κ3) is 2.74. The molecule has 0 saturated heterocycles. The van der Waals surface area contributed by atoms with Crippen molar-refractivity contribution < 1.29 is 22.4 Å². The second-order valence-electron chi connectivity index (χ2n) is 4.54. The number of carbonyl (C=O) groups is 1. The second-order valence-corrected chi connectivity index (χ2v) is 4.54. The smallest absolute Gasteiger partial charge is 0.256 e. The van der Waals surface area contributed by atoms with E-state index in [0.717, 1.165) is 24.3 Å². The molecule has 0 aliphatic carbocycles. The summed E-state index contributed by atoms with van der Waals surface area (Å²) in [5.41, 5.74) is -1.12. The first-order valence-electron chi connectivity index (χ1n) is 6.03. The predicted octanol–water partition coefficient (Wildman–Crippen LogP) is 4.11. The zero-order valence-electron chi connectivity index (χ0n) is 11.2. The Morgan fingerprint density at radius 2 is 1.57 bits per heavy atom. The molecule has 1 N–H and O–H groups in total. The number of aryl methyl sites for hydroxylation is 1. The van der Waals surface area contributed by atoms with Crippen molar-refractivity contribution in [3.8, 4) is 0 Å². The van der Waals surface area contributed by atoms with Crippen molar-refractivity contribution >= 4 is 11.6 Å². The van der Waals surface area contributed by atoms with Crippen molar-refractivity contribution in [2.75, 3.05) is 5.32 Å². The number of hydrogen-bond acceptors (Lipinski definition) is 1. The Balaban J connectivity index is 2.42. The van der Waals surface area contributed by atoms with Crippen molar-refractivity contribution in [1.29, 1.82) is 0 Å². The molecular formula is C15H11F4NO. The average molecular weight is 297 g/mol. The molecule has 2 aromatic rings. The molecule has 0 aromatic heterocycles. The first-order chi connectivity index (χ1) is 9.82. The van der Waals surface area contributed by atoms with Gasteiger partial charge in [0.25, 0.3) is 5.91 Å². The summed E-state index contributed by atoms with van der Waals surface area (Å²) < 4.78 is 53.9. The number of rotatable bonds is 2. The van der Waals surface area contributed by atoms with E-state index in [0.29, 0.717) is 0 Å². The molecule has 0 bridgehead atoms. The van der Waals surface area contributed by atoms with Crippen molar-refractivity contribution in [1.82, 2.24) is 0 Å². The summed E-state index contributed by atoms with van der Waals surface area (Å²) in [6.07, 6.45) is 0. The Morgan fingerprint density at radius 1 is 1.00 bits per heavy atom. The van der Waals surface area contributed by atoms with Gasteiger partial charge in [0.1, 0.15) is 17.3 Å². The number of amides is 1. The van der Waals surface area contributed by atoms with Gasteiger partial charge in [0.2, 0.25) is 0 Å². The quantitative estimate of drug-likeness (QED) is 0.830. The van der Waals surface area contributed by atoms with Crippen LogP contribution in [0.4, 0.5) is 23.2 Å². The van der Waals surface area contributed by atoms with Crippen LogP contribution < -0.4 is 5.32 Å². The fraction of sp³-hybridized carbons (Fsp3) is 0.133. The van der Waals surface area contributed by atoms with Gasteiger partial charge in [-0.15, -0.1) is 0 Å². The molecule has 0 radical (unpaired) electrons. The van der Waals surface area contributed by atoms with E-state index in [-0.39, 0.29) is 16.7 Å². The number of nitrogens with one attached hydrogen (secondary N) is 1. The lowest BCUT2D eigenvalue weighted by Crippen LogP contribution is -2.17. The zero-order chi connectivity index (χ0) is 15.7. The van der Waals surface area contributed by atoms with Gasteiger partial charge in [0.05, 0.1) is 0 Å². The summed E-state index contributed by atoms with van der Waals surface area (Å²) in [6, 6.07) is 4.22. The van der Waals surface area contributed by atoms with Gasteiger partial charge in [-0.3, -0.25) is 4.79 Å². The highest BCUT2D eigenvalue weighted by Gasteiger charge is 2.20. The standard InChI is InChI=1S/C15H11F4NO/c1-7-6-9(8(2)13(19)12(7)18)15(21)20-14-10(16)4-3-5-11(14)17/h3-6H,1-2H3,(H,20,21). The van der Waals surface area contributed by atoms with E-state index in [1.165, 1.54) is 13.8 Å². The highest BCUT2D eigenvalue weighted by atomic mass is 19.2. The van der Waals surface area contributed by atoms with E-state index in [1.807, 2.05) is 5.32 Å². The third-order valence-corrected chi connectivity index (χ3v) is 3.08. The monoisotopic (exact) mass is 297 g/mol. The van der Waals surface area contributed by atoms with E-state index in [4.69, 9.17) is 0 Å². The maximum absolute atomic E-state index is 13.6. The minimum absolute atomic E-state index is 0.0720. The van der Waals surface area contributed by atoms with Crippen LogP contribution in [-0.4, -0.2) is 5.91 Å². The maximum atomic E-state index is 13.6. The van der Waals surface area contributed by atoms with Crippen LogP contribution in [-0.2, 0) is 0 Å². The molecule has 0 unspecified atom stereocenters. The van der Waals surface area contributed by atoms with Gasteiger partial charge in [-0.2, -0.15) is 0 Å². The number of carbonyl (C=O) groups excluding carboxylic acids is 1. The molecule has 0 fully saturated rings. The molecule has 0 spiro atoms. The van der Waals surface area contributed by atoms with Gasteiger partial charge in [-0.1, -0.05) is 6.07 Å². The molecule has 0 aliphatic heterocycles. The second kappa shape index (κ2) is 5.55. The first kappa shape index (κ1) is 15.0. The van der Waals surface area contributed by atoms with Crippen molar-refractivity contribution in [3.05, 3.63) is 64.2 Å². The molecular weight excluding hydrogens is 286 g/mol. The van der Waals surface area contributed by atoms with Crippen LogP contribution in [0.15, 0.2) is 24.3 Å². The molecule has 0 atom stereocenters. The Hall–Kier alpha value is -2.37. The van der Waals surface area contributed by atoms with Crippen LogP contribution in [0.5, 0.6) is 0 Å². The minimum Gasteiger partial charge on any atom is -0.317 e. The van der Waals surface area contributed by atoms with Gasteiger partial charge in [0.15, 0.2) is 11.6 Å². The molecule has 1 amide bonds. The Bertz CT molecular complexity index is 708. The molecule has 0 heterocycles. The molecule has 21 heavy (non-hydrogen) atoms. The van der Waals surface area contributed by atoms with Gasteiger partial charge in [-0.05, 0) is 37.6 Å². The fourth-order valence-electron chi connectivity index (χ4n) is 1.88. The number of halogens is 4. The normalized spacial score (nSPS) is 10.6. The van der Waals surface area contributed by atoms with E-state index in [9.17, 15) is 22.4 Å². The SMILES string of the molecule is Cc1cc(C(=O)Nc2c(F)cccc2F)c(C)c(F)c1F. The lowest BCUT2D eigenvalue weighted by Gasteiger charge is -2.11. The lowest BCUT2D eigenvalue weighted by molar-refractivity contribution is 0.102. The van der Waals surface area contributed by atoms with Gasteiger partial charge >= 0.3 is 0 Å². The van der Waals surface area contributed by atoms with E-state index in [2.05, 4.69) is 0 Å². The molecule has 6 heteroatoms. The number of benzene rings is 2. The van der Waals surface area contributed by atoms with E-state index >= 15 is 0 Å². The van der Waals surface area contributed by atoms with E-state index < -0.39 is 34.9 Å². The average Bonchev–Trinajstić information content (AvgIpc) is 2.44. The van der Waals surface area contributed by atoms with Gasteiger partial charge in [0, 0.05) is 11.1 Å². The summed E-state index contributed by atoms with van der Waals surface area (Å²) in [6.45, 7) is 2.50. The largest absolute Gasteiger partial charge is 0.317 e. The van der Waals surface area contributed by atoms with Crippen molar-refractivity contribution in [3.63, 3.8) is 0 Å². The molecule has 0 saturated carbocycles. The summed E-state index contributed by atoms with van der Waals surface area (Å²) >= 11 is 0. The van der Waals surface area contributed by atoms with Gasteiger partial charge in [-0.25, -0.2) is 17.6 Å². The summed E-state index contributed by atoms with van der Waals surface area (Å²) in [7, 11) is 0. The zero-order valence-corrected chi connectivity index (χ0v) is 11.2. The van der Waals surface area contributed by atoms with Crippen molar-refractivity contribution in [2.45, 2.75) is 13.8 Å². The Kier molecular flexibility index (Phi) is 3.97. The maximum Gasteiger partial charge on any atom is 0.256 e. The van der Waals surface area contributed by atoms with Crippen molar-refractivity contribution in [2.24, 2.45) is 0 Å². The predicted molar refractivity (Wildman–Crippen MR) is 70.1 cm³/mol. The van der Waals surface area contributed by atoms with Crippen LogP contribution >= 0.6 is 0 Å². The fourth-order valence-corrected chi connectivity index (χ4v) is 1.88. The molecule has 2 rings (SSSR count). The molecule has 2 aromatic carbocycles. The highest BCUT2D eigenvalue weighted by molar-refractivity contribution is 6.05. The highest BCUT2D eigenvalue weighted by Crippen LogP contribution is 2.23. The molecule has 110 valence electrons. The van der Waals surface area contributed by atoms with Gasteiger partial charge < -0.3 is 5.32 Å². The van der Waals surface area contributed by atoms with E-state index in [1.54, 1.807) is 0 Å². The molecule has 0 aliphatic rings. The number of anilines is 1. The van der Waals surface area contributed by atoms with Crippen LogP contribution in [0, 0.1) is 37.1 Å². The third-order valence-electron chi connectivity index (χ3n) is 3.08. The molecule has 2 nitrogen and oxygen atoms in total. The summed E-state index contributed by atoms with van der Waals surface area (Å²) in [4.78, 5) is 12.0. The summed E-state index contributed by atoms with van der Waals surface area (Å²) in [5, 5.41) is 2.03. The number of para-hydroxylation sites is 1. The lowest BCUT2D eigenvalue weighted by atomic mass is 10.0. The van der Waals surface area contributed by atoms with Crippen LogP contribution in [0.1, 0.15) is 21.5 Å². The topological polar surface area (TPSA) is 29.1 Å². The Labute approximate surface area is 118 Å².